The van der Waals surface area contributed by atoms with Crippen LogP contribution in [0.1, 0.15) is 56.1 Å². The number of likely N-dealkylation sites (tertiary alicyclic amines) is 1. The summed E-state index contributed by atoms with van der Waals surface area (Å²) in [4.78, 5) is 13.6. The van der Waals surface area contributed by atoms with Crippen LogP contribution in [-0.4, -0.2) is 71.6 Å². The van der Waals surface area contributed by atoms with Crippen molar-refractivity contribution in [1.82, 2.24) is 10.2 Å². The minimum atomic E-state index is -0.760. The lowest BCUT2D eigenvalue weighted by molar-refractivity contribution is -0.207. The number of carboxylic acid groups (broad SMARTS) is 1. The third-order valence-corrected chi connectivity index (χ3v) is 9.06. The molecule has 7 heteroatoms. The van der Waals surface area contributed by atoms with Crippen LogP contribution in [0.25, 0.3) is 0 Å². The van der Waals surface area contributed by atoms with Crippen molar-refractivity contribution >= 4 is 5.97 Å². The fourth-order valence-corrected chi connectivity index (χ4v) is 7.61. The molecule has 2 aliphatic heterocycles. The summed E-state index contributed by atoms with van der Waals surface area (Å²) in [5.74, 6) is 0.950. The van der Waals surface area contributed by atoms with E-state index in [-0.39, 0.29) is 35.3 Å². The Labute approximate surface area is 189 Å². The number of methoxy groups -OCH3 is 1. The van der Waals surface area contributed by atoms with Crippen LogP contribution in [0, 0.1) is 5.92 Å². The zero-order chi connectivity index (χ0) is 22.1. The van der Waals surface area contributed by atoms with Gasteiger partial charge >= 0.3 is 5.97 Å². The van der Waals surface area contributed by atoms with Crippen molar-refractivity contribution in [3.05, 3.63) is 23.3 Å². The predicted molar refractivity (Wildman–Crippen MR) is 118 cm³/mol. The smallest absolute Gasteiger partial charge is 0.303 e. The third-order valence-electron chi connectivity index (χ3n) is 9.06. The zero-order valence-electron chi connectivity index (χ0n) is 18.8. The largest absolute Gasteiger partial charge is 0.504 e. The number of benzene rings is 1. The molecule has 3 aliphatic carbocycles. The molecule has 6 rings (SSSR count). The predicted octanol–water partition coefficient (Wildman–Crippen LogP) is 2.43. The number of aliphatic carboxylic acids is 1. The summed E-state index contributed by atoms with van der Waals surface area (Å²) in [6.45, 7) is 2.85. The Balaban J connectivity index is 1.40. The second kappa shape index (κ2) is 7.34. The van der Waals surface area contributed by atoms with Crippen molar-refractivity contribution in [3.63, 3.8) is 0 Å². The van der Waals surface area contributed by atoms with Gasteiger partial charge in [-0.2, -0.15) is 0 Å². The topological polar surface area (TPSA) is 91.3 Å². The van der Waals surface area contributed by atoms with Gasteiger partial charge in [-0.25, -0.2) is 0 Å². The van der Waals surface area contributed by atoms with Crippen LogP contribution in [0.5, 0.6) is 11.5 Å². The van der Waals surface area contributed by atoms with Crippen molar-refractivity contribution < 1.29 is 24.5 Å². The first kappa shape index (κ1) is 20.8. The molecule has 1 aromatic carbocycles. The Hall–Kier alpha value is -1.83. The van der Waals surface area contributed by atoms with Crippen LogP contribution >= 0.6 is 0 Å². The van der Waals surface area contributed by atoms with Gasteiger partial charge in [0, 0.05) is 37.7 Å². The molecule has 3 N–H and O–H groups in total. The number of piperidine rings is 1. The molecule has 0 aromatic heterocycles. The number of carboxylic acids is 1. The number of nitrogens with one attached hydrogen (secondary N) is 1. The number of phenols is 1. The molecule has 2 saturated carbocycles. The second-order valence-electron chi connectivity index (χ2n) is 10.6. The molecule has 2 bridgehead atoms. The van der Waals surface area contributed by atoms with Crippen LogP contribution in [0.2, 0.25) is 0 Å². The van der Waals surface area contributed by atoms with Gasteiger partial charge < -0.3 is 25.0 Å². The van der Waals surface area contributed by atoms with Gasteiger partial charge in [-0.05, 0) is 75.6 Å². The van der Waals surface area contributed by atoms with E-state index in [1.165, 1.54) is 24.0 Å². The van der Waals surface area contributed by atoms with E-state index in [2.05, 4.69) is 16.3 Å². The minimum absolute atomic E-state index is 0.112. The molecular weight excluding hydrogens is 408 g/mol. The number of aromatic hydroxyl groups is 1. The number of hydrogen-bond acceptors (Lipinski definition) is 6. The quantitative estimate of drug-likeness (QED) is 0.533. The van der Waals surface area contributed by atoms with E-state index in [0.29, 0.717) is 24.8 Å². The summed E-state index contributed by atoms with van der Waals surface area (Å²) < 4.78 is 13.2. The molecule has 3 fully saturated rings. The first-order valence-corrected chi connectivity index (χ1v) is 12.3. The molecule has 5 aliphatic rings. The van der Waals surface area contributed by atoms with Crippen LogP contribution < -0.4 is 10.1 Å². The number of carbonyl (C=O) groups is 1. The van der Waals surface area contributed by atoms with Gasteiger partial charge in [-0.3, -0.25) is 9.69 Å². The lowest BCUT2D eigenvalue weighted by Gasteiger charge is -2.65. The van der Waals surface area contributed by atoms with Gasteiger partial charge in [0.25, 0.3) is 0 Å². The number of rotatable bonds is 8. The van der Waals surface area contributed by atoms with E-state index in [1.807, 2.05) is 7.11 Å². The van der Waals surface area contributed by atoms with Crippen molar-refractivity contribution in [2.45, 2.75) is 80.6 Å². The number of phenolic OH excluding ortho intramolecular Hbond substituents is 1. The van der Waals surface area contributed by atoms with Crippen molar-refractivity contribution in [1.29, 1.82) is 0 Å². The molecule has 32 heavy (non-hydrogen) atoms. The Morgan fingerprint density at radius 1 is 1.31 bits per heavy atom. The second-order valence-corrected chi connectivity index (χ2v) is 10.6. The lowest BCUT2D eigenvalue weighted by Crippen LogP contribution is -2.78. The minimum Gasteiger partial charge on any atom is -0.504 e. The monoisotopic (exact) mass is 442 g/mol. The molecule has 7 nitrogen and oxygen atoms in total. The molecule has 1 aromatic rings. The molecule has 174 valence electrons. The first-order chi connectivity index (χ1) is 15.5. The van der Waals surface area contributed by atoms with Crippen LogP contribution in [-0.2, 0) is 21.4 Å². The zero-order valence-corrected chi connectivity index (χ0v) is 18.8. The Bertz CT molecular complexity index is 933. The summed E-state index contributed by atoms with van der Waals surface area (Å²) in [5, 5.41) is 23.4. The fourth-order valence-electron chi connectivity index (χ4n) is 7.61. The van der Waals surface area contributed by atoms with Crippen molar-refractivity contribution in [3.8, 4) is 11.5 Å². The average Bonchev–Trinajstić information content (AvgIpc) is 3.52. The van der Waals surface area contributed by atoms with Crippen LogP contribution in [0.15, 0.2) is 12.1 Å². The number of hydrogen-bond donors (Lipinski definition) is 3. The van der Waals surface area contributed by atoms with E-state index in [1.54, 1.807) is 6.07 Å². The highest BCUT2D eigenvalue weighted by Gasteiger charge is 2.73. The van der Waals surface area contributed by atoms with Crippen molar-refractivity contribution in [2.75, 3.05) is 26.7 Å². The number of ether oxygens (including phenoxy) is 2. The molecule has 5 atom stereocenters. The highest BCUT2D eigenvalue weighted by Crippen LogP contribution is 2.66. The van der Waals surface area contributed by atoms with Gasteiger partial charge in [0.2, 0.25) is 0 Å². The Morgan fingerprint density at radius 3 is 2.91 bits per heavy atom. The maximum atomic E-state index is 10.9. The summed E-state index contributed by atoms with van der Waals surface area (Å²) in [7, 11) is 1.87. The third kappa shape index (κ3) is 2.74. The molecule has 0 radical (unpaired) electrons. The molecule has 0 amide bonds. The summed E-state index contributed by atoms with van der Waals surface area (Å²) >= 11 is 0. The van der Waals surface area contributed by atoms with E-state index >= 15 is 0 Å². The molecule has 0 unspecified atom stereocenters. The first-order valence-electron chi connectivity index (χ1n) is 12.3. The maximum absolute atomic E-state index is 10.9. The maximum Gasteiger partial charge on any atom is 0.303 e. The SMILES string of the molecule is CO[C@@]12CC[C@H](NCCCC(=O)O)[C@@H]3Oc4c(O)ccc5c4[C@@]31CCN(CC1CC1)[C@@H]2C5. The summed E-state index contributed by atoms with van der Waals surface area (Å²) in [6, 6.07) is 4.32. The summed E-state index contributed by atoms with van der Waals surface area (Å²) in [5.41, 5.74) is 1.88. The molecule has 1 saturated heterocycles. The van der Waals surface area contributed by atoms with Crippen molar-refractivity contribution in [2.24, 2.45) is 5.92 Å². The van der Waals surface area contributed by atoms with Gasteiger partial charge in [0.15, 0.2) is 11.5 Å². The fraction of sp³-hybridized carbons (Fsp3) is 0.720. The van der Waals surface area contributed by atoms with E-state index < -0.39 is 5.97 Å². The Morgan fingerprint density at radius 2 is 2.16 bits per heavy atom. The van der Waals surface area contributed by atoms with Gasteiger partial charge in [0.05, 0.1) is 11.0 Å². The average molecular weight is 443 g/mol. The van der Waals surface area contributed by atoms with Gasteiger partial charge in [-0.15, -0.1) is 0 Å². The Kier molecular flexibility index (Phi) is 4.76. The highest BCUT2D eigenvalue weighted by atomic mass is 16.5. The summed E-state index contributed by atoms with van der Waals surface area (Å²) in [6.07, 6.45) is 7.11. The van der Waals surface area contributed by atoms with Crippen LogP contribution in [0.3, 0.4) is 0 Å². The lowest BCUT2D eigenvalue weighted by atomic mass is 9.48. The van der Waals surface area contributed by atoms with E-state index in [0.717, 1.165) is 44.7 Å². The molecule has 2 heterocycles. The van der Waals surface area contributed by atoms with E-state index in [4.69, 9.17) is 14.6 Å². The molecular formula is C25H34N2O5. The van der Waals surface area contributed by atoms with Gasteiger partial charge in [0.1, 0.15) is 6.10 Å². The molecule has 1 spiro atoms. The van der Waals surface area contributed by atoms with E-state index in [9.17, 15) is 9.90 Å². The van der Waals surface area contributed by atoms with Gasteiger partial charge in [-0.1, -0.05) is 6.07 Å². The number of nitrogens with zero attached hydrogens (tertiary/aromatic N) is 1. The highest BCUT2D eigenvalue weighted by molar-refractivity contribution is 5.66. The standard InChI is InChI=1S/C25H34N2O5/c1-31-25-9-8-17(26-11-2-3-20(29)30)23-24(25)10-12-27(14-15-4-5-15)19(25)13-16-6-7-18(28)22(32-23)21(16)24/h6-7,15,17,19,23,26,28H,2-5,8-14H2,1H3,(H,29,30)/t17-,19+,23-,24-,25+/m0/s1. The van der Waals surface area contributed by atoms with Crippen LogP contribution in [0.4, 0.5) is 0 Å². The normalized spacial score (nSPS) is 37.1.